The van der Waals surface area contributed by atoms with Crippen molar-refractivity contribution in [2.24, 2.45) is 0 Å². The monoisotopic (exact) mass is 496 g/mol. The van der Waals surface area contributed by atoms with Crippen LogP contribution in [0.15, 0.2) is 104 Å². The highest BCUT2D eigenvalue weighted by Gasteiger charge is 2.48. The van der Waals surface area contributed by atoms with Crippen molar-refractivity contribution in [2.75, 3.05) is 0 Å². The highest BCUT2D eigenvalue weighted by molar-refractivity contribution is 5.95. The Labute approximate surface area is 219 Å². The lowest BCUT2D eigenvalue weighted by Crippen LogP contribution is -2.23. The maximum Gasteiger partial charge on any atom is 0.251 e. The topological polar surface area (TPSA) is 85.1 Å². The van der Waals surface area contributed by atoms with Crippen LogP contribution in [0.5, 0.6) is 0 Å². The fraction of sp³-hybridized carbons (Fsp3) is 0.129. The van der Waals surface area contributed by atoms with Gasteiger partial charge in [-0.2, -0.15) is 0 Å². The van der Waals surface area contributed by atoms with Crippen molar-refractivity contribution in [2.45, 2.75) is 24.8 Å². The third kappa shape index (κ3) is 3.89. The molecule has 0 atom stereocenters. The van der Waals surface area contributed by atoms with Crippen LogP contribution in [-0.4, -0.2) is 30.2 Å². The van der Waals surface area contributed by atoms with Gasteiger partial charge in [0.15, 0.2) is 0 Å². The molecule has 1 amide bonds. The Hall–Kier alpha value is -4.91. The number of benzene rings is 2. The van der Waals surface area contributed by atoms with Gasteiger partial charge in [-0.3, -0.25) is 19.2 Å². The maximum absolute atomic E-state index is 12.8. The number of carbonyl (C=O) groups is 1. The van der Waals surface area contributed by atoms with Gasteiger partial charge in [-0.25, -0.2) is 9.97 Å². The predicted molar refractivity (Wildman–Crippen MR) is 146 cm³/mol. The molecule has 0 spiro atoms. The summed E-state index contributed by atoms with van der Waals surface area (Å²) in [5, 5.41) is 4.09. The van der Waals surface area contributed by atoms with Crippen LogP contribution in [0.1, 0.15) is 40.2 Å². The molecule has 1 N–H and O–H groups in total. The summed E-state index contributed by atoms with van der Waals surface area (Å²) in [7, 11) is 0. The predicted octanol–water partition coefficient (Wildman–Crippen LogP) is 5.35. The highest BCUT2D eigenvalue weighted by Crippen LogP contribution is 2.53. The Kier molecular flexibility index (Phi) is 5.21. The van der Waals surface area contributed by atoms with E-state index >= 15 is 0 Å². The Morgan fingerprint density at radius 3 is 2.61 bits per heavy atom. The van der Waals surface area contributed by atoms with Gasteiger partial charge < -0.3 is 5.32 Å². The smallest absolute Gasteiger partial charge is 0.251 e. The molecule has 4 aromatic heterocycles. The summed E-state index contributed by atoms with van der Waals surface area (Å²) < 4.78 is 2.10. The van der Waals surface area contributed by atoms with E-state index in [2.05, 4.69) is 60.1 Å². The largest absolute Gasteiger partial charge is 0.346 e. The first-order valence-corrected chi connectivity index (χ1v) is 12.7. The summed E-state index contributed by atoms with van der Waals surface area (Å²) in [5.41, 5.74) is 6.57. The number of imidazole rings is 1. The number of aromatic nitrogens is 5. The van der Waals surface area contributed by atoms with E-state index in [0.29, 0.717) is 17.9 Å². The minimum absolute atomic E-state index is 0.0863. The number of pyridine rings is 2. The molecule has 184 valence electrons. The van der Waals surface area contributed by atoms with Gasteiger partial charge in [0.2, 0.25) is 5.78 Å². The van der Waals surface area contributed by atoms with E-state index in [9.17, 15) is 4.79 Å². The molecule has 4 heterocycles. The fourth-order valence-corrected chi connectivity index (χ4v) is 5.18. The second-order valence-corrected chi connectivity index (χ2v) is 9.73. The van der Waals surface area contributed by atoms with Gasteiger partial charge in [-0.15, -0.1) is 0 Å². The van der Waals surface area contributed by atoms with Crippen LogP contribution in [0, 0.1) is 0 Å². The van der Waals surface area contributed by atoms with E-state index in [1.165, 1.54) is 5.56 Å². The molecular formula is C31H24N6O. The molecule has 7 nitrogen and oxygen atoms in total. The van der Waals surface area contributed by atoms with E-state index in [-0.39, 0.29) is 11.3 Å². The van der Waals surface area contributed by atoms with E-state index in [1.54, 1.807) is 6.20 Å². The zero-order chi connectivity index (χ0) is 25.5. The van der Waals surface area contributed by atoms with Crippen molar-refractivity contribution in [1.29, 1.82) is 0 Å². The molecule has 7 heteroatoms. The number of nitrogens with one attached hydrogen (secondary N) is 1. The molecule has 7 rings (SSSR count). The summed E-state index contributed by atoms with van der Waals surface area (Å²) in [6, 6.07) is 23.9. The number of hydrogen-bond donors (Lipinski definition) is 1. The van der Waals surface area contributed by atoms with Crippen LogP contribution in [0.25, 0.3) is 27.8 Å². The van der Waals surface area contributed by atoms with Crippen LogP contribution in [0.4, 0.5) is 0 Å². The quantitative estimate of drug-likeness (QED) is 0.336. The van der Waals surface area contributed by atoms with Crippen molar-refractivity contribution < 1.29 is 4.79 Å². The standard InChI is InChI=1S/C31H24N6O/c38-29(34-18-26-8-1-2-13-32-26)23-6-3-5-21(15-23)24-17-35-30-36-19-28(37(30)20-24)31(11-12-31)25-9-10-27-22(16-25)7-4-14-33-27/h1-10,13-17,19-20H,11-12,18H2,(H,34,38). The third-order valence-electron chi connectivity index (χ3n) is 7.37. The normalized spacial score (nSPS) is 14.0. The van der Waals surface area contributed by atoms with Crippen LogP contribution < -0.4 is 5.32 Å². The lowest BCUT2D eigenvalue weighted by Gasteiger charge is -2.17. The molecule has 1 aliphatic rings. The second-order valence-electron chi connectivity index (χ2n) is 9.73. The van der Waals surface area contributed by atoms with Crippen LogP contribution >= 0.6 is 0 Å². The lowest BCUT2D eigenvalue weighted by molar-refractivity contribution is 0.0950. The van der Waals surface area contributed by atoms with Gasteiger partial charge >= 0.3 is 0 Å². The first-order chi connectivity index (χ1) is 18.7. The summed E-state index contributed by atoms with van der Waals surface area (Å²) in [6.45, 7) is 0.378. The molecule has 1 aliphatic carbocycles. The van der Waals surface area contributed by atoms with Crippen molar-refractivity contribution in [3.05, 3.63) is 126 Å². The van der Waals surface area contributed by atoms with Gasteiger partial charge in [0.05, 0.1) is 29.6 Å². The molecule has 0 aliphatic heterocycles. The first-order valence-electron chi connectivity index (χ1n) is 12.7. The minimum Gasteiger partial charge on any atom is -0.346 e. The average molecular weight is 497 g/mol. The van der Waals surface area contributed by atoms with Gasteiger partial charge in [0.1, 0.15) is 0 Å². The molecule has 6 aromatic rings. The number of amides is 1. The van der Waals surface area contributed by atoms with E-state index in [1.807, 2.05) is 67.1 Å². The number of fused-ring (bicyclic) bond motifs is 2. The van der Waals surface area contributed by atoms with Crippen LogP contribution in [0.3, 0.4) is 0 Å². The summed E-state index contributed by atoms with van der Waals surface area (Å²) in [6.07, 6.45) is 11.5. The second kappa shape index (κ2) is 8.88. The molecule has 0 unspecified atom stereocenters. The average Bonchev–Trinajstić information content (AvgIpc) is 3.68. The first kappa shape index (κ1) is 22.3. The number of nitrogens with zero attached hydrogens (tertiary/aromatic N) is 5. The van der Waals surface area contributed by atoms with Gasteiger partial charge in [-0.05, 0) is 66.4 Å². The minimum atomic E-state index is -0.141. The number of carbonyl (C=O) groups excluding carboxylic acids is 1. The van der Waals surface area contributed by atoms with Crippen molar-refractivity contribution in [1.82, 2.24) is 29.7 Å². The molecular weight excluding hydrogens is 472 g/mol. The molecule has 2 aromatic carbocycles. The Morgan fingerprint density at radius 2 is 1.74 bits per heavy atom. The maximum atomic E-state index is 12.8. The van der Waals surface area contributed by atoms with E-state index in [0.717, 1.165) is 46.3 Å². The summed E-state index contributed by atoms with van der Waals surface area (Å²) in [4.78, 5) is 30.8. The SMILES string of the molecule is O=C(NCc1ccccn1)c1cccc(-c2cnc3ncc(C4(c5ccc6ncccc6c5)CC4)n3c2)c1. The lowest BCUT2D eigenvalue weighted by atomic mass is 9.91. The van der Waals surface area contributed by atoms with E-state index in [4.69, 9.17) is 0 Å². The molecule has 0 radical (unpaired) electrons. The summed E-state index contributed by atoms with van der Waals surface area (Å²) in [5.74, 6) is 0.527. The Bertz CT molecular complexity index is 1810. The van der Waals surface area contributed by atoms with Gasteiger partial charge in [0.25, 0.3) is 5.91 Å². The number of hydrogen-bond acceptors (Lipinski definition) is 5. The van der Waals surface area contributed by atoms with Gasteiger partial charge in [0, 0.05) is 46.7 Å². The Morgan fingerprint density at radius 1 is 0.842 bits per heavy atom. The fourth-order valence-electron chi connectivity index (χ4n) is 5.18. The third-order valence-corrected chi connectivity index (χ3v) is 7.37. The molecule has 38 heavy (non-hydrogen) atoms. The van der Waals surface area contributed by atoms with Crippen molar-refractivity contribution in [3.8, 4) is 11.1 Å². The zero-order valence-electron chi connectivity index (χ0n) is 20.6. The molecule has 1 fully saturated rings. The van der Waals surface area contributed by atoms with Gasteiger partial charge in [-0.1, -0.05) is 30.3 Å². The molecule has 0 saturated heterocycles. The van der Waals surface area contributed by atoms with Crippen LogP contribution in [0.2, 0.25) is 0 Å². The number of rotatable bonds is 6. The van der Waals surface area contributed by atoms with Crippen LogP contribution in [-0.2, 0) is 12.0 Å². The van der Waals surface area contributed by atoms with Crippen molar-refractivity contribution in [3.63, 3.8) is 0 Å². The van der Waals surface area contributed by atoms with Crippen molar-refractivity contribution >= 4 is 22.6 Å². The Balaban J connectivity index is 1.21. The molecule has 0 bridgehead atoms. The van der Waals surface area contributed by atoms with E-state index < -0.39 is 0 Å². The summed E-state index contributed by atoms with van der Waals surface area (Å²) >= 11 is 0. The molecule has 1 saturated carbocycles. The highest BCUT2D eigenvalue weighted by atomic mass is 16.1. The zero-order valence-corrected chi connectivity index (χ0v) is 20.6.